The number of aliphatic carboxylic acids is 1. The SMILES string of the molecule is CCO[C@@H](Cc1ccc(OCC(=O)NC(Cc2ccc(Br)cc2)c2ccc(Cl)cc2)cc1)C(=O)O. The van der Waals surface area contributed by atoms with Crippen molar-refractivity contribution in [2.45, 2.75) is 31.9 Å². The van der Waals surface area contributed by atoms with Gasteiger partial charge in [-0.2, -0.15) is 0 Å². The molecular formula is C27H27BrClNO5. The topological polar surface area (TPSA) is 84.9 Å². The number of benzene rings is 3. The molecule has 6 nitrogen and oxygen atoms in total. The first-order chi connectivity index (χ1) is 16.8. The minimum Gasteiger partial charge on any atom is -0.484 e. The zero-order valence-corrected chi connectivity index (χ0v) is 21.6. The fourth-order valence-electron chi connectivity index (χ4n) is 3.54. The van der Waals surface area contributed by atoms with Gasteiger partial charge in [-0.1, -0.05) is 63.9 Å². The second-order valence-electron chi connectivity index (χ2n) is 7.92. The summed E-state index contributed by atoms with van der Waals surface area (Å²) in [6, 6.07) is 22.1. The first kappa shape index (κ1) is 26.7. The van der Waals surface area contributed by atoms with E-state index in [1.807, 2.05) is 36.4 Å². The molecule has 0 aliphatic carbocycles. The lowest BCUT2D eigenvalue weighted by molar-refractivity contribution is -0.150. The smallest absolute Gasteiger partial charge is 0.333 e. The van der Waals surface area contributed by atoms with Crippen LogP contribution in [-0.4, -0.2) is 36.3 Å². The number of ether oxygens (including phenoxy) is 2. The number of halogens is 2. The van der Waals surface area contributed by atoms with Crippen molar-refractivity contribution in [1.82, 2.24) is 5.32 Å². The summed E-state index contributed by atoms with van der Waals surface area (Å²) in [6.07, 6.45) is -0.0315. The number of carbonyl (C=O) groups is 2. The lowest BCUT2D eigenvalue weighted by Crippen LogP contribution is -2.33. The Morgan fingerprint density at radius 3 is 2.14 bits per heavy atom. The molecule has 35 heavy (non-hydrogen) atoms. The fourth-order valence-corrected chi connectivity index (χ4v) is 3.93. The molecule has 0 saturated carbocycles. The largest absolute Gasteiger partial charge is 0.484 e. The van der Waals surface area contributed by atoms with Crippen LogP contribution in [0.1, 0.15) is 29.7 Å². The number of carboxylic acid groups (broad SMARTS) is 1. The highest BCUT2D eigenvalue weighted by atomic mass is 79.9. The summed E-state index contributed by atoms with van der Waals surface area (Å²) in [6.45, 7) is 1.93. The van der Waals surface area contributed by atoms with E-state index in [1.165, 1.54) is 0 Å². The van der Waals surface area contributed by atoms with Crippen LogP contribution in [0.25, 0.3) is 0 Å². The van der Waals surface area contributed by atoms with Gasteiger partial charge in [0.25, 0.3) is 5.91 Å². The third kappa shape index (κ3) is 8.69. The highest BCUT2D eigenvalue weighted by Gasteiger charge is 2.18. The summed E-state index contributed by atoms with van der Waals surface area (Å²) < 4.78 is 11.9. The zero-order chi connectivity index (χ0) is 25.2. The molecule has 8 heteroatoms. The van der Waals surface area contributed by atoms with Crippen molar-refractivity contribution < 1.29 is 24.2 Å². The normalized spacial score (nSPS) is 12.5. The van der Waals surface area contributed by atoms with Crippen LogP contribution in [0.2, 0.25) is 5.02 Å². The van der Waals surface area contributed by atoms with E-state index in [-0.39, 0.29) is 25.0 Å². The van der Waals surface area contributed by atoms with Gasteiger partial charge >= 0.3 is 5.97 Å². The molecular weight excluding hydrogens is 534 g/mol. The summed E-state index contributed by atoms with van der Waals surface area (Å²) in [5.74, 6) is -0.737. The molecule has 184 valence electrons. The lowest BCUT2D eigenvalue weighted by Gasteiger charge is -2.20. The maximum atomic E-state index is 12.7. The Kier molecular flexibility index (Phi) is 10.1. The predicted molar refractivity (Wildman–Crippen MR) is 139 cm³/mol. The van der Waals surface area contributed by atoms with Gasteiger partial charge in [-0.15, -0.1) is 0 Å². The summed E-state index contributed by atoms with van der Waals surface area (Å²) in [5.41, 5.74) is 2.83. The van der Waals surface area contributed by atoms with Crippen LogP contribution in [0.4, 0.5) is 0 Å². The second kappa shape index (κ2) is 13.3. The monoisotopic (exact) mass is 559 g/mol. The van der Waals surface area contributed by atoms with Gasteiger partial charge in [-0.25, -0.2) is 4.79 Å². The van der Waals surface area contributed by atoms with Crippen LogP contribution >= 0.6 is 27.5 Å². The molecule has 3 aromatic carbocycles. The van der Waals surface area contributed by atoms with E-state index < -0.39 is 12.1 Å². The van der Waals surface area contributed by atoms with Gasteiger partial charge in [0.05, 0.1) is 6.04 Å². The van der Waals surface area contributed by atoms with Crippen molar-refractivity contribution in [1.29, 1.82) is 0 Å². The summed E-state index contributed by atoms with van der Waals surface area (Å²) in [4.78, 5) is 24.0. The molecule has 3 rings (SSSR count). The average Bonchev–Trinajstić information content (AvgIpc) is 2.84. The predicted octanol–water partition coefficient (Wildman–Crippen LogP) is 5.61. The van der Waals surface area contributed by atoms with Crippen molar-refractivity contribution in [2.75, 3.05) is 13.2 Å². The fraction of sp³-hybridized carbons (Fsp3) is 0.259. The maximum absolute atomic E-state index is 12.7. The van der Waals surface area contributed by atoms with E-state index in [1.54, 1.807) is 43.3 Å². The Morgan fingerprint density at radius 1 is 0.943 bits per heavy atom. The van der Waals surface area contributed by atoms with Crippen LogP contribution in [0.3, 0.4) is 0 Å². The van der Waals surface area contributed by atoms with Gasteiger partial charge in [0.2, 0.25) is 0 Å². The summed E-state index contributed by atoms with van der Waals surface area (Å²) in [5, 5.41) is 12.9. The van der Waals surface area contributed by atoms with Crippen molar-refractivity contribution in [3.63, 3.8) is 0 Å². The molecule has 0 heterocycles. The van der Waals surface area contributed by atoms with E-state index in [0.717, 1.165) is 21.2 Å². The van der Waals surface area contributed by atoms with E-state index in [9.17, 15) is 14.7 Å². The van der Waals surface area contributed by atoms with Gasteiger partial charge in [-0.05, 0) is 66.4 Å². The highest BCUT2D eigenvalue weighted by molar-refractivity contribution is 9.10. The Balaban J connectivity index is 1.60. The third-order valence-electron chi connectivity index (χ3n) is 5.32. The molecule has 0 aliphatic heterocycles. The van der Waals surface area contributed by atoms with Crippen LogP contribution in [0.15, 0.2) is 77.3 Å². The van der Waals surface area contributed by atoms with Gasteiger partial charge in [-0.3, -0.25) is 4.79 Å². The minimum atomic E-state index is -0.998. The Bertz CT molecular complexity index is 1100. The van der Waals surface area contributed by atoms with Gasteiger partial charge in [0.15, 0.2) is 12.7 Å². The van der Waals surface area contributed by atoms with Crippen molar-refractivity contribution in [2.24, 2.45) is 0 Å². The van der Waals surface area contributed by atoms with Crippen LogP contribution in [0.5, 0.6) is 5.75 Å². The molecule has 0 aliphatic rings. The molecule has 0 saturated heterocycles. The van der Waals surface area contributed by atoms with Crippen molar-refractivity contribution >= 4 is 39.4 Å². The zero-order valence-electron chi connectivity index (χ0n) is 19.2. The van der Waals surface area contributed by atoms with Crippen molar-refractivity contribution in [3.8, 4) is 5.75 Å². The number of hydrogen-bond donors (Lipinski definition) is 2. The number of amides is 1. The molecule has 0 aromatic heterocycles. The van der Waals surface area contributed by atoms with Crippen LogP contribution in [0, 0.1) is 0 Å². The second-order valence-corrected chi connectivity index (χ2v) is 9.27. The summed E-state index contributed by atoms with van der Waals surface area (Å²) >= 11 is 9.48. The molecule has 0 radical (unpaired) electrons. The molecule has 1 unspecified atom stereocenters. The Labute approximate surface area is 218 Å². The molecule has 1 amide bonds. The van der Waals surface area contributed by atoms with Crippen LogP contribution < -0.4 is 10.1 Å². The summed E-state index contributed by atoms with van der Waals surface area (Å²) in [7, 11) is 0. The first-order valence-corrected chi connectivity index (χ1v) is 12.4. The number of carboxylic acids is 1. The lowest BCUT2D eigenvalue weighted by atomic mass is 9.99. The van der Waals surface area contributed by atoms with Gasteiger partial charge < -0.3 is 19.9 Å². The number of rotatable bonds is 12. The minimum absolute atomic E-state index is 0.152. The maximum Gasteiger partial charge on any atom is 0.333 e. The Morgan fingerprint density at radius 2 is 1.54 bits per heavy atom. The van der Waals surface area contributed by atoms with E-state index in [4.69, 9.17) is 21.1 Å². The molecule has 0 bridgehead atoms. The molecule has 3 aromatic rings. The molecule has 2 N–H and O–H groups in total. The van der Waals surface area contributed by atoms with Crippen LogP contribution in [-0.2, 0) is 27.2 Å². The Hall–Kier alpha value is -2.87. The van der Waals surface area contributed by atoms with E-state index >= 15 is 0 Å². The highest BCUT2D eigenvalue weighted by Crippen LogP contribution is 2.22. The van der Waals surface area contributed by atoms with Crippen molar-refractivity contribution in [3.05, 3.63) is 99.0 Å². The van der Waals surface area contributed by atoms with E-state index in [0.29, 0.717) is 23.8 Å². The average molecular weight is 561 g/mol. The number of nitrogens with one attached hydrogen (secondary N) is 1. The number of carbonyl (C=O) groups excluding carboxylic acids is 1. The third-order valence-corrected chi connectivity index (χ3v) is 6.10. The molecule has 0 spiro atoms. The van der Waals surface area contributed by atoms with E-state index in [2.05, 4.69) is 21.2 Å². The quantitative estimate of drug-likeness (QED) is 0.301. The van der Waals surface area contributed by atoms with Gasteiger partial charge in [0.1, 0.15) is 5.75 Å². The molecule has 0 fully saturated rings. The molecule has 2 atom stereocenters. The standard InChI is InChI=1S/C27H27BrClNO5/c1-2-34-25(27(32)33)16-19-5-13-23(14-6-19)35-17-26(31)30-24(20-7-11-22(29)12-8-20)15-18-3-9-21(28)10-4-18/h3-14,24-25H,2,15-17H2,1H3,(H,30,31)(H,32,33)/t24?,25-/m0/s1. The first-order valence-electron chi connectivity index (χ1n) is 11.2. The number of hydrogen-bond acceptors (Lipinski definition) is 4. The van der Waals surface area contributed by atoms with Gasteiger partial charge in [0, 0.05) is 22.5 Å².